The predicted molar refractivity (Wildman–Crippen MR) is 104 cm³/mol. The Morgan fingerprint density at radius 2 is 1.82 bits per heavy atom. The van der Waals surface area contributed by atoms with Gasteiger partial charge in [0, 0.05) is 28.3 Å². The van der Waals surface area contributed by atoms with Gasteiger partial charge in [-0.3, -0.25) is 24.5 Å². The van der Waals surface area contributed by atoms with Gasteiger partial charge in [-0.25, -0.2) is 0 Å². The van der Waals surface area contributed by atoms with Gasteiger partial charge in [-0.1, -0.05) is 0 Å². The van der Waals surface area contributed by atoms with E-state index >= 15 is 0 Å². The number of aromatic nitrogens is 1. The van der Waals surface area contributed by atoms with Crippen LogP contribution in [-0.4, -0.2) is 39.3 Å². The molecule has 0 saturated carbocycles. The Bertz CT molecular complexity index is 933. The molecule has 9 heteroatoms. The summed E-state index contributed by atoms with van der Waals surface area (Å²) in [7, 11) is 0. The summed E-state index contributed by atoms with van der Waals surface area (Å²) in [5.74, 6) is -1.14. The monoisotopic (exact) mass is 404 g/mol. The molecule has 0 saturated heterocycles. The van der Waals surface area contributed by atoms with Crippen molar-refractivity contribution in [3.05, 3.63) is 56.9 Å². The number of benzene rings is 1. The number of ether oxygens (including phenoxy) is 1. The smallest absolute Gasteiger partial charge is 0.319 e. The molecule has 28 heavy (non-hydrogen) atoms. The third kappa shape index (κ3) is 4.86. The van der Waals surface area contributed by atoms with E-state index in [1.807, 2.05) is 0 Å². The summed E-state index contributed by atoms with van der Waals surface area (Å²) in [6, 6.07) is 5.80. The van der Waals surface area contributed by atoms with Crippen LogP contribution in [0.3, 0.4) is 0 Å². The molecule has 2 aromatic rings. The van der Waals surface area contributed by atoms with Crippen LogP contribution in [-0.2, 0) is 9.53 Å². The molecule has 0 spiro atoms. The van der Waals surface area contributed by atoms with Crippen LogP contribution in [0.2, 0.25) is 0 Å². The Kier molecular flexibility index (Phi) is 6.74. The molecule has 8 nitrogen and oxygen atoms in total. The highest BCUT2D eigenvalue weighted by atomic mass is 32.2. The fourth-order valence-corrected chi connectivity index (χ4v) is 3.65. The summed E-state index contributed by atoms with van der Waals surface area (Å²) in [6.45, 7) is 5.98. The van der Waals surface area contributed by atoms with Crippen LogP contribution in [0, 0.1) is 24.0 Å². The molecule has 0 aliphatic heterocycles. The maximum atomic E-state index is 12.3. The van der Waals surface area contributed by atoms with E-state index in [2.05, 4.69) is 4.98 Å². The molecule has 0 radical (unpaired) electrons. The lowest BCUT2D eigenvalue weighted by Gasteiger charge is -2.11. The number of H-pyrrole nitrogens is 1. The minimum atomic E-state index is -0.603. The summed E-state index contributed by atoms with van der Waals surface area (Å²) < 4.78 is 5.10. The third-order valence-electron chi connectivity index (χ3n) is 4.11. The summed E-state index contributed by atoms with van der Waals surface area (Å²) in [5, 5.41) is 10.1. The molecule has 2 rings (SSSR count). The van der Waals surface area contributed by atoms with Crippen LogP contribution in [0.1, 0.15) is 46.0 Å². The topological polar surface area (TPSA) is 119 Å². The van der Waals surface area contributed by atoms with Crippen molar-refractivity contribution in [3.63, 3.8) is 0 Å². The zero-order valence-corrected chi connectivity index (χ0v) is 16.7. The van der Waals surface area contributed by atoms with Crippen molar-refractivity contribution < 1.29 is 24.0 Å². The summed E-state index contributed by atoms with van der Waals surface area (Å²) in [5.41, 5.74) is 1.83. The number of Topliss-reactive ketones (excluding diaryl/α,β-unsaturated/α-hetero) is 2. The highest BCUT2D eigenvalue weighted by Crippen LogP contribution is 2.26. The quantitative estimate of drug-likeness (QED) is 0.234. The predicted octanol–water partition coefficient (Wildman–Crippen LogP) is 3.65. The molecular formula is C19H20N2O6S. The van der Waals surface area contributed by atoms with E-state index < -0.39 is 28.5 Å². The number of aromatic amines is 1. The Hall–Kier alpha value is -2.94. The first-order valence-electron chi connectivity index (χ1n) is 8.42. The fraction of sp³-hybridized carbons (Fsp3) is 0.316. The number of rotatable bonds is 8. The molecule has 1 aromatic carbocycles. The lowest BCUT2D eigenvalue weighted by Crippen LogP contribution is -2.21. The summed E-state index contributed by atoms with van der Waals surface area (Å²) >= 11 is 1.17. The second kappa shape index (κ2) is 8.83. The number of esters is 1. The molecule has 1 atom stereocenters. The van der Waals surface area contributed by atoms with Crippen molar-refractivity contribution in [2.24, 2.45) is 0 Å². The van der Waals surface area contributed by atoms with Gasteiger partial charge in [0.15, 0.2) is 12.4 Å². The Labute approximate surface area is 165 Å². The third-order valence-corrected chi connectivity index (χ3v) is 5.20. The standard InChI is InChI=1S/C19H20N2O6S/c1-10-17(12(3)22)11(2)20-18(10)16(23)9-27-19(24)13(4)28-15-7-5-14(6-8-15)21(25)26/h5-8,13,20H,9H2,1-4H3/t13-/m1/s1. The largest absolute Gasteiger partial charge is 0.456 e. The first kappa shape index (κ1) is 21.4. The SMILES string of the molecule is CC(=O)c1c(C)[nH]c(C(=O)COC(=O)[C@@H](C)Sc2ccc([N+](=O)[O-])cc2)c1C. The van der Waals surface area contributed by atoms with E-state index in [4.69, 9.17) is 4.74 Å². The van der Waals surface area contributed by atoms with E-state index in [0.29, 0.717) is 21.7 Å². The molecule has 148 valence electrons. The number of carbonyl (C=O) groups excluding carboxylic acids is 3. The number of ketones is 2. The molecule has 1 N–H and O–H groups in total. The molecule has 0 bridgehead atoms. The lowest BCUT2D eigenvalue weighted by atomic mass is 10.1. The first-order valence-corrected chi connectivity index (χ1v) is 9.30. The average Bonchev–Trinajstić information content (AvgIpc) is 2.94. The van der Waals surface area contributed by atoms with Gasteiger partial charge in [0.05, 0.1) is 10.6 Å². The number of nitro benzene ring substituents is 1. The Morgan fingerprint density at radius 3 is 2.32 bits per heavy atom. The van der Waals surface area contributed by atoms with Gasteiger partial charge in [0.25, 0.3) is 5.69 Å². The number of aryl methyl sites for hydroxylation is 1. The molecule has 0 fully saturated rings. The Balaban J connectivity index is 1.96. The fourth-order valence-electron chi connectivity index (χ4n) is 2.78. The van der Waals surface area contributed by atoms with Crippen LogP contribution in [0.4, 0.5) is 5.69 Å². The van der Waals surface area contributed by atoms with Crippen molar-refractivity contribution in [1.29, 1.82) is 0 Å². The number of hydrogen-bond acceptors (Lipinski definition) is 7. The van der Waals surface area contributed by atoms with Gasteiger partial charge in [-0.05, 0) is 45.4 Å². The summed E-state index contributed by atoms with van der Waals surface area (Å²) in [4.78, 5) is 49.9. The lowest BCUT2D eigenvalue weighted by molar-refractivity contribution is -0.384. The summed E-state index contributed by atoms with van der Waals surface area (Å²) in [6.07, 6.45) is 0. The Morgan fingerprint density at radius 1 is 1.21 bits per heavy atom. The normalized spacial score (nSPS) is 11.7. The number of thioether (sulfide) groups is 1. The maximum Gasteiger partial charge on any atom is 0.319 e. The number of nitro groups is 1. The highest BCUT2D eigenvalue weighted by molar-refractivity contribution is 8.00. The number of non-ortho nitro benzene ring substituents is 1. The van der Waals surface area contributed by atoms with Gasteiger partial charge in [-0.2, -0.15) is 0 Å². The number of hydrogen-bond donors (Lipinski definition) is 1. The van der Waals surface area contributed by atoms with Crippen LogP contribution in [0.5, 0.6) is 0 Å². The van der Waals surface area contributed by atoms with Crippen molar-refractivity contribution in [2.45, 2.75) is 37.8 Å². The highest BCUT2D eigenvalue weighted by Gasteiger charge is 2.22. The van der Waals surface area contributed by atoms with Gasteiger partial charge >= 0.3 is 5.97 Å². The van der Waals surface area contributed by atoms with E-state index in [9.17, 15) is 24.5 Å². The van der Waals surface area contributed by atoms with Crippen LogP contribution >= 0.6 is 11.8 Å². The van der Waals surface area contributed by atoms with E-state index in [0.717, 1.165) is 0 Å². The van der Waals surface area contributed by atoms with Crippen molar-refractivity contribution in [1.82, 2.24) is 4.98 Å². The van der Waals surface area contributed by atoms with Gasteiger partial charge in [0.2, 0.25) is 5.78 Å². The van der Waals surface area contributed by atoms with Gasteiger partial charge in [-0.15, -0.1) is 11.8 Å². The zero-order valence-electron chi connectivity index (χ0n) is 15.9. The van der Waals surface area contributed by atoms with E-state index in [-0.39, 0.29) is 17.2 Å². The van der Waals surface area contributed by atoms with Crippen molar-refractivity contribution >= 4 is 35.0 Å². The molecule has 0 aliphatic rings. The minimum Gasteiger partial charge on any atom is -0.456 e. The second-order valence-corrected chi connectivity index (χ2v) is 7.64. The van der Waals surface area contributed by atoms with Crippen LogP contribution < -0.4 is 0 Å². The molecule has 0 unspecified atom stereocenters. The van der Waals surface area contributed by atoms with Crippen molar-refractivity contribution in [3.8, 4) is 0 Å². The minimum absolute atomic E-state index is 0.0354. The second-order valence-electron chi connectivity index (χ2n) is 6.22. The van der Waals surface area contributed by atoms with Gasteiger partial charge < -0.3 is 9.72 Å². The maximum absolute atomic E-state index is 12.3. The van der Waals surface area contributed by atoms with Crippen LogP contribution in [0.25, 0.3) is 0 Å². The number of nitrogens with zero attached hydrogens (tertiary/aromatic N) is 1. The number of nitrogens with one attached hydrogen (secondary N) is 1. The average molecular weight is 404 g/mol. The van der Waals surface area contributed by atoms with Crippen molar-refractivity contribution in [2.75, 3.05) is 6.61 Å². The zero-order chi connectivity index (χ0) is 21.0. The first-order chi connectivity index (χ1) is 13.1. The molecule has 0 aliphatic carbocycles. The number of carbonyl (C=O) groups is 3. The molecule has 1 aromatic heterocycles. The molecule has 0 amide bonds. The molecular weight excluding hydrogens is 384 g/mol. The van der Waals surface area contributed by atoms with E-state index in [1.165, 1.54) is 30.8 Å². The van der Waals surface area contributed by atoms with Gasteiger partial charge in [0.1, 0.15) is 5.25 Å². The van der Waals surface area contributed by atoms with Crippen LogP contribution in [0.15, 0.2) is 29.2 Å². The van der Waals surface area contributed by atoms with E-state index in [1.54, 1.807) is 32.9 Å². The molecule has 1 heterocycles.